The first-order chi connectivity index (χ1) is 6.74. The van der Waals surface area contributed by atoms with E-state index in [9.17, 15) is 17.6 Å². The maximum absolute atomic E-state index is 13.0. The maximum atomic E-state index is 13.0. The second-order valence-electron chi connectivity index (χ2n) is 2.95. The van der Waals surface area contributed by atoms with Gasteiger partial charge in [-0.1, -0.05) is 0 Å². The summed E-state index contributed by atoms with van der Waals surface area (Å²) < 4.78 is 56.0. The van der Waals surface area contributed by atoms with Gasteiger partial charge in [-0.05, 0) is 44.0 Å². The predicted octanol–water partition coefficient (Wildman–Crippen LogP) is 4.34. The zero-order valence-corrected chi connectivity index (χ0v) is 10.0. The van der Waals surface area contributed by atoms with Gasteiger partial charge >= 0.3 is 12.2 Å². The molecule has 1 aromatic rings. The molecule has 1 nitrogen and oxygen atoms in total. The molecule has 0 bridgehead atoms. The van der Waals surface area contributed by atoms with Gasteiger partial charge in [0.25, 0.3) is 0 Å². The average Bonchev–Trinajstić information content (AvgIpc) is 2.21. The van der Waals surface area contributed by atoms with Crippen molar-refractivity contribution in [3.05, 3.63) is 32.2 Å². The molecule has 0 atom stereocenters. The Morgan fingerprint density at radius 3 is 1.53 bits per heavy atom. The molecular weight excluding hydrogens is 348 g/mol. The molecule has 82 valence electrons. The van der Waals surface area contributed by atoms with Crippen LogP contribution in [0.3, 0.4) is 0 Å². The normalized spacial score (nSPS) is 21.5. The summed E-state index contributed by atoms with van der Waals surface area (Å²) in [6, 6.07) is 1.83. The van der Waals surface area contributed by atoms with Crippen molar-refractivity contribution in [2.75, 3.05) is 0 Å². The summed E-state index contributed by atoms with van der Waals surface area (Å²) in [5.41, 5.74) is -1.63. The van der Waals surface area contributed by atoms with E-state index in [1.807, 2.05) is 0 Å². The summed E-state index contributed by atoms with van der Waals surface area (Å²) in [6.07, 6.45) is -7.91. The standard InChI is InChI=1S/C8H2Br2F4O/c9-5-1-3-4(2-6(5)10)8(13,14)15-7(3,11)12/h1-2H. The molecule has 1 aromatic carbocycles. The molecule has 0 radical (unpaired) electrons. The Kier molecular flexibility index (Phi) is 2.40. The molecule has 0 unspecified atom stereocenters. The molecular formula is C8H2Br2F4O. The minimum atomic E-state index is -3.96. The molecule has 1 heterocycles. The van der Waals surface area contributed by atoms with Gasteiger partial charge in [0, 0.05) is 8.95 Å². The predicted molar refractivity (Wildman–Crippen MR) is 50.7 cm³/mol. The van der Waals surface area contributed by atoms with Crippen LogP contribution in [-0.4, -0.2) is 0 Å². The first kappa shape index (κ1) is 11.3. The first-order valence-electron chi connectivity index (χ1n) is 3.70. The second kappa shape index (κ2) is 3.18. The fourth-order valence-corrected chi connectivity index (χ4v) is 1.99. The van der Waals surface area contributed by atoms with Crippen molar-refractivity contribution in [1.29, 1.82) is 0 Å². The molecule has 2 rings (SSSR count). The van der Waals surface area contributed by atoms with Crippen molar-refractivity contribution in [2.24, 2.45) is 0 Å². The number of rotatable bonds is 0. The number of hydrogen-bond donors (Lipinski definition) is 0. The molecule has 0 amide bonds. The quantitative estimate of drug-likeness (QED) is 0.633. The molecule has 0 fully saturated rings. The largest absolute Gasteiger partial charge is 0.388 e. The van der Waals surface area contributed by atoms with Crippen LogP contribution in [0.1, 0.15) is 11.1 Å². The van der Waals surface area contributed by atoms with Crippen LogP contribution in [0.2, 0.25) is 0 Å². The molecule has 0 spiro atoms. The maximum Gasteiger partial charge on any atom is 0.388 e. The van der Waals surface area contributed by atoms with Crippen LogP contribution < -0.4 is 0 Å². The summed E-state index contributed by atoms with van der Waals surface area (Å²) in [5.74, 6) is 0. The van der Waals surface area contributed by atoms with E-state index in [1.165, 1.54) is 0 Å². The Bertz CT molecular complexity index is 394. The lowest BCUT2D eigenvalue weighted by Gasteiger charge is -2.10. The van der Waals surface area contributed by atoms with E-state index in [4.69, 9.17) is 0 Å². The van der Waals surface area contributed by atoms with Crippen molar-refractivity contribution in [3.8, 4) is 0 Å². The summed E-state index contributed by atoms with van der Waals surface area (Å²) in [5, 5.41) is 0. The van der Waals surface area contributed by atoms with E-state index in [0.717, 1.165) is 12.1 Å². The van der Waals surface area contributed by atoms with Gasteiger partial charge in [0.15, 0.2) is 0 Å². The van der Waals surface area contributed by atoms with Crippen molar-refractivity contribution < 1.29 is 22.3 Å². The number of ether oxygens (including phenoxy) is 1. The van der Waals surface area contributed by atoms with E-state index >= 15 is 0 Å². The molecule has 1 aliphatic rings. The van der Waals surface area contributed by atoms with Gasteiger partial charge in [-0.2, -0.15) is 17.6 Å². The third-order valence-electron chi connectivity index (χ3n) is 1.94. The van der Waals surface area contributed by atoms with Gasteiger partial charge in [-0.15, -0.1) is 0 Å². The van der Waals surface area contributed by atoms with Crippen LogP contribution in [0.4, 0.5) is 17.6 Å². The number of benzene rings is 1. The fourth-order valence-electron chi connectivity index (χ4n) is 1.30. The highest BCUT2D eigenvalue weighted by Gasteiger charge is 2.57. The van der Waals surface area contributed by atoms with Gasteiger partial charge in [-0.3, -0.25) is 0 Å². The van der Waals surface area contributed by atoms with Crippen LogP contribution in [0.15, 0.2) is 21.1 Å². The Morgan fingerprint density at radius 1 is 0.867 bits per heavy atom. The summed E-state index contributed by atoms with van der Waals surface area (Å²) in [7, 11) is 0. The fraction of sp³-hybridized carbons (Fsp3) is 0.250. The SMILES string of the molecule is FC1(F)OC(F)(F)c2cc(Br)c(Br)cc21. The molecule has 0 aliphatic carbocycles. The minimum Gasteiger partial charge on any atom is -0.247 e. The first-order valence-corrected chi connectivity index (χ1v) is 5.28. The third kappa shape index (κ3) is 1.70. The Morgan fingerprint density at radius 2 is 1.20 bits per heavy atom. The highest BCUT2D eigenvalue weighted by atomic mass is 79.9. The number of halogens is 6. The van der Waals surface area contributed by atoms with Crippen LogP contribution >= 0.6 is 31.9 Å². The van der Waals surface area contributed by atoms with E-state index in [1.54, 1.807) is 0 Å². The lowest BCUT2D eigenvalue weighted by molar-refractivity contribution is -0.369. The highest BCUT2D eigenvalue weighted by molar-refractivity contribution is 9.13. The zero-order valence-electron chi connectivity index (χ0n) is 6.83. The van der Waals surface area contributed by atoms with E-state index < -0.39 is 23.3 Å². The van der Waals surface area contributed by atoms with Gasteiger partial charge in [0.1, 0.15) is 0 Å². The van der Waals surface area contributed by atoms with E-state index in [0.29, 0.717) is 0 Å². The Labute approximate surface area is 98.7 Å². The molecule has 15 heavy (non-hydrogen) atoms. The number of fused-ring (bicyclic) bond motifs is 1. The van der Waals surface area contributed by atoms with Crippen LogP contribution in [0, 0.1) is 0 Å². The molecule has 1 aliphatic heterocycles. The summed E-state index contributed by atoms with van der Waals surface area (Å²) in [6.45, 7) is 0. The Balaban J connectivity index is 2.71. The average molecular weight is 350 g/mol. The lowest BCUT2D eigenvalue weighted by atomic mass is 10.1. The number of alkyl halides is 4. The zero-order chi connectivity index (χ0) is 11.4. The third-order valence-corrected chi connectivity index (χ3v) is 3.79. The molecule has 0 saturated heterocycles. The summed E-state index contributed by atoms with van der Waals surface area (Å²) in [4.78, 5) is 0. The summed E-state index contributed by atoms with van der Waals surface area (Å²) >= 11 is 5.91. The molecule has 0 saturated carbocycles. The molecule has 7 heteroatoms. The lowest BCUT2D eigenvalue weighted by Crippen LogP contribution is -2.17. The van der Waals surface area contributed by atoms with Crippen molar-refractivity contribution in [3.63, 3.8) is 0 Å². The second-order valence-corrected chi connectivity index (χ2v) is 4.66. The van der Waals surface area contributed by atoms with Gasteiger partial charge in [-0.25, -0.2) is 4.74 Å². The van der Waals surface area contributed by atoms with Gasteiger partial charge in [0.05, 0.1) is 11.1 Å². The van der Waals surface area contributed by atoms with E-state index in [2.05, 4.69) is 36.6 Å². The highest BCUT2D eigenvalue weighted by Crippen LogP contribution is 2.52. The molecule has 0 aromatic heterocycles. The van der Waals surface area contributed by atoms with Crippen LogP contribution in [-0.2, 0) is 17.0 Å². The van der Waals surface area contributed by atoms with Crippen molar-refractivity contribution in [2.45, 2.75) is 12.2 Å². The molecule has 0 N–H and O–H groups in total. The van der Waals surface area contributed by atoms with Crippen molar-refractivity contribution >= 4 is 31.9 Å². The van der Waals surface area contributed by atoms with E-state index in [-0.39, 0.29) is 8.95 Å². The van der Waals surface area contributed by atoms with Gasteiger partial charge in [0.2, 0.25) is 0 Å². The monoisotopic (exact) mass is 348 g/mol. The Hall–Kier alpha value is -0.140. The number of hydrogen-bond acceptors (Lipinski definition) is 1. The van der Waals surface area contributed by atoms with Gasteiger partial charge < -0.3 is 0 Å². The smallest absolute Gasteiger partial charge is 0.247 e. The van der Waals surface area contributed by atoms with Crippen molar-refractivity contribution in [1.82, 2.24) is 0 Å². The van der Waals surface area contributed by atoms with Crippen LogP contribution in [0.25, 0.3) is 0 Å². The topological polar surface area (TPSA) is 9.23 Å². The minimum absolute atomic E-state index is 0.266. The van der Waals surface area contributed by atoms with Crippen LogP contribution in [0.5, 0.6) is 0 Å².